The molecular formula is C17H20N6S. The van der Waals surface area contributed by atoms with Crippen molar-refractivity contribution in [3.05, 3.63) is 47.7 Å². The van der Waals surface area contributed by atoms with Crippen molar-refractivity contribution in [3.8, 4) is 0 Å². The molecule has 2 aromatic heterocycles. The highest BCUT2D eigenvalue weighted by Crippen LogP contribution is 2.31. The van der Waals surface area contributed by atoms with Crippen LogP contribution in [0, 0.1) is 13.8 Å². The summed E-state index contributed by atoms with van der Waals surface area (Å²) >= 11 is 1.54. The van der Waals surface area contributed by atoms with E-state index in [2.05, 4.69) is 25.5 Å². The quantitative estimate of drug-likeness (QED) is 0.689. The lowest BCUT2D eigenvalue weighted by Gasteiger charge is -2.18. The van der Waals surface area contributed by atoms with Crippen molar-refractivity contribution in [1.82, 2.24) is 20.2 Å². The van der Waals surface area contributed by atoms with Crippen LogP contribution < -0.4 is 10.2 Å². The number of aromatic nitrogens is 4. The summed E-state index contributed by atoms with van der Waals surface area (Å²) < 4.78 is 0. The van der Waals surface area contributed by atoms with Crippen LogP contribution in [0.25, 0.3) is 0 Å². The van der Waals surface area contributed by atoms with E-state index in [4.69, 9.17) is 0 Å². The van der Waals surface area contributed by atoms with Crippen molar-refractivity contribution in [2.45, 2.75) is 23.9 Å². The van der Waals surface area contributed by atoms with Gasteiger partial charge in [-0.25, -0.2) is 9.97 Å². The van der Waals surface area contributed by atoms with Gasteiger partial charge in [-0.1, -0.05) is 18.2 Å². The molecule has 0 aliphatic carbocycles. The third kappa shape index (κ3) is 3.68. The average Bonchev–Trinajstić information content (AvgIpc) is 2.96. The molecule has 3 rings (SSSR count). The Kier molecular flexibility index (Phi) is 4.71. The van der Waals surface area contributed by atoms with Gasteiger partial charge in [0.05, 0.1) is 0 Å². The van der Waals surface area contributed by atoms with Crippen molar-refractivity contribution >= 4 is 29.2 Å². The minimum atomic E-state index is 0.699. The summed E-state index contributed by atoms with van der Waals surface area (Å²) in [6, 6.07) is 12.1. The molecule has 0 fully saturated rings. The van der Waals surface area contributed by atoms with Crippen molar-refractivity contribution in [2.75, 3.05) is 24.3 Å². The van der Waals surface area contributed by atoms with Crippen LogP contribution in [0.5, 0.6) is 0 Å². The zero-order valence-corrected chi connectivity index (χ0v) is 15.0. The van der Waals surface area contributed by atoms with Gasteiger partial charge >= 0.3 is 0 Å². The Morgan fingerprint density at radius 3 is 2.46 bits per heavy atom. The molecule has 124 valence electrons. The van der Waals surface area contributed by atoms with Crippen LogP contribution in [0.2, 0.25) is 0 Å². The van der Waals surface area contributed by atoms with Gasteiger partial charge in [-0.05, 0) is 37.7 Å². The van der Waals surface area contributed by atoms with E-state index in [1.165, 1.54) is 0 Å². The molecule has 1 aromatic carbocycles. The zero-order chi connectivity index (χ0) is 17.1. The first-order valence-electron chi connectivity index (χ1n) is 7.61. The molecule has 0 amide bonds. The van der Waals surface area contributed by atoms with Crippen molar-refractivity contribution in [3.63, 3.8) is 0 Å². The van der Waals surface area contributed by atoms with Gasteiger partial charge in [0, 0.05) is 36.3 Å². The van der Waals surface area contributed by atoms with E-state index >= 15 is 0 Å². The molecule has 2 heterocycles. The molecule has 6 nitrogen and oxygen atoms in total. The molecule has 0 saturated heterocycles. The second-order valence-electron chi connectivity index (χ2n) is 5.67. The first kappa shape index (κ1) is 16.3. The van der Waals surface area contributed by atoms with Crippen LogP contribution in [0.1, 0.15) is 11.3 Å². The normalized spacial score (nSPS) is 10.7. The number of aromatic amines is 1. The molecule has 24 heavy (non-hydrogen) atoms. The van der Waals surface area contributed by atoms with Crippen LogP contribution in [0.15, 0.2) is 46.5 Å². The van der Waals surface area contributed by atoms with Crippen LogP contribution >= 0.6 is 11.8 Å². The van der Waals surface area contributed by atoms with Crippen molar-refractivity contribution < 1.29 is 0 Å². The lowest BCUT2D eigenvalue weighted by Crippen LogP contribution is -2.15. The standard InChI is InChI=1S/C17H20N6S/c1-11-10-14(22-21-11)18-15-12(2)16(23(3)4)20-17(19-15)24-13-8-6-5-7-9-13/h5-10H,1-4H3,(H2,18,19,20,21,22). The number of benzene rings is 1. The molecule has 0 radical (unpaired) electrons. The highest BCUT2D eigenvalue weighted by molar-refractivity contribution is 7.99. The second kappa shape index (κ2) is 6.92. The van der Waals surface area contributed by atoms with E-state index in [0.29, 0.717) is 5.16 Å². The third-order valence-corrected chi connectivity index (χ3v) is 4.30. The van der Waals surface area contributed by atoms with E-state index in [1.807, 2.05) is 69.2 Å². The molecule has 0 unspecified atom stereocenters. The summed E-state index contributed by atoms with van der Waals surface area (Å²) in [7, 11) is 3.96. The minimum Gasteiger partial charge on any atom is -0.362 e. The van der Waals surface area contributed by atoms with E-state index in [9.17, 15) is 0 Å². The maximum absolute atomic E-state index is 4.68. The maximum Gasteiger partial charge on any atom is 0.196 e. The first-order valence-corrected chi connectivity index (χ1v) is 8.42. The number of hydrogen-bond donors (Lipinski definition) is 2. The van der Waals surface area contributed by atoms with E-state index in [1.54, 1.807) is 11.8 Å². The summed E-state index contributed by atoms with van der Waals surface area (Å²) in [4.78, 5) is 12.5. The topological polar surface area (TPSA) is 69.7 Å². The number of rotatable bonds is 5. The average molecular weight is 340 g/mol. The molecule has 0 spiro atoms. The number of nitrogens with one attached hydrogen (secondary N) is 2. The monoisotopic (exact) mass is 340 g/mol. The van der Waals surface area contributed by atoms with Gasteiger partial charge in [0.25, 0.3) is 0 Å². The van der Waals surface area contributed by atoms with Gasteiger partial charge in [-0.2, -0.15) is 5.10 Å². The van der Waals surface area contributed by atoms with Crippen LogP contribution in [0.3, 0.4) is 0 Å². The Labute approximate surface area is 145 Å². The highest BCUT2D eigenvalue weighted by Gasteiger charge is 2.14. The largest absolute Gasteiger partial charge is 0.362 e. The van der Waals surface area contributed by atoms with Crippen LogP contribution in [-0.2, 0) is 0 Å². The molecule has 0 saturated carbocycles. The zero-order valence-electron chi connectivity index (χ0n) is 14.2. The SMILES string of the molecule is Cc1cc(Nc2nc(Sc3ccccc3)nc(N(C)C)c2C)n[nH]1. The predicted octanol–water partition coefficient (Wildman–Crippen LogP) is 3.78. The Hall–Kier alpha value is -2.54. The van der Waals surface area contributed by atoms with Crippen molar-refractivity contribution in [2.24, 2.45) is 0 Å². The molecule has 3 aromatic rings. The highest BCUT2D eigenvalue weighted by atomic mass is 32.2. The van der Waals surface area contributed by atoms with Crippen molar-refractivity contribution in [1.29, 1.82) is 0 Å². The van der Waals surface area contributed by atoms with Gasteiger partial charge in [-0.3, -0.25) is 5.10 Å². The molecular weight excluding hydrogens is 320 g/mol. The van der Waals surface area contributed by atoms with Gasteiger partial charge in [0.1, 0.15) is 11.6 Å². The third-order valence-electron chi connectivity index (χ3n) is 3.43. The van der Waals surface area contributed by atoms with E-state index in [0.717, 1.165) is 33.6 Å². The summed E-state index contributed by atoms with van der Waals surface area (Å²) in [5.74, 6) is 2.39. The molecule has 0 bridgehead atoms. The fourth-order valence-electron chi connectivity index (χ4n) is 2.28. The van der Waals surface area contributed by atoms with Gasteiger partial charge in [0.15, 0.2) is 11.0 Å². The number of hydrogen-bond acceptors (Lipinski definition) is 6. The Morgan fingerprint density at radius 1 is 1.08 bits per heavy atom. The molecule has 0 atom stereocenters. The minimum absolute atomic E-state index is 0.699. The molecule has 2 N–H and O–H groups in total. The maximum atomic E-state index is 4.68. The summed E-state index contributed by atoms with van der Waals surface area (Å²) in [6.45, 7) is 3.97. The summed E-state index contributed by atoms with van der Waals surface area (Å²) in [5, 5.41) is 11.1. The van der Waals surface area contributed by atoms with E-state index in [-0.39, 0.29) is 0 Å². The number of nitrogens with zero attached hydrogens (tertiary/aromatic N) is 4. The number of anilines is 3. The fourth-order valence-corrected chi connectivity index (χ4v) is 3.06. The second-order valence-corrected chi connectivity index (χ2v) is 6.71. The Bertz CT molecular complexity index is 828. The lowest BCUT2D eigenvalue weighted by molar-refractivity contribution is 0.915. The smallest absolute Gasteiger partial charge is 0.196 e. The van der Waals surface area contributed by atoms with Gasteiger partial charge < -0.3 is 10.2 Å². The van der Waals surface area contributed by atoms with E-state index < -0.39 is 0 Å². The Balaban J connectivity index is 1.97. The van der Waals surface area contributed by atoms with Crippen LogP contribution in [-0.4, -0.2) is 34.3 Å². The summed E-state index contributed by atoms with van der Waals surface area (Å²) in [6.07, 6.45) is 0. The van der Waals surface area contributed by atoms with Crippen LogP contribution in [0.4, 0.5) is 17.5 Å². The summed E-state index contributed by atoms with van der Waals surface area (Å²) in [5.41, 5.74) is 1.98. The number of H-pyrrole nitrogens is 1. The fraction of sp³-hybridized carbons (Fsp3) is 0.235. The number of aryl methyl sites for hydroxylation is 1. The molecule has 7 heteroatoms. The molecule has 0 aliphatic heterocycles. The first-order chi connectivity index (χ1) is 11.5. The van der Waals surface area contributed by atoms with Gasteiger partial charge in [0.2, 0.25) is 0 Å². The van der Waals surface area contributed by atoms with Gasteiger partial charge in [-0.15, -0.1) is 0 Å². The lowest BCUT2D eigenvalue weighted by atomic mass is 10.3. The Morgan fingerprint density at radius 2 is 1.83 bits per heavy atom. The predicted molar refractivity (Wildman–Crippen MR) is 98.3 cm³/mol. The molecule has 0 aliphatic rings.